The van der Waals surface area contributed by atoms with Gasteiger partial charge in [0.25, 0.3) is 0 Å². The largest absolute Gasteiger partial charge is 0.444 e. The number of amides is 3. The van der Waals surface area contributed by atoms with Gasteiger partial charge < -0.3 is 25.4 Å². The third kappa shape index (κ3) is 7.72. The molecule has 2 unspecified atom stereocenters. The smallest absolute Gasteiger partial charge is 0.408 e. The average molecular weight is 476 g/mol. The second kappa shape index (κ2) is 12.2. The van der Waals surface area contributed by atoms with Crippen LogP contribution in [0, 0.1) is 13.8 Å². The number of nitrogens with zero attached hydrogens (tertiary/aromatic N) is 1. The molecule has 190 valence electrons. The Morgan fingerprint density at radius 2 is 1.79 bits per heavy atom. The molecule has 0 saturated heterocycles. The first-order chi connectivity index (χ1) is 16.0. The number of aliphatic hydroxyl groups is 1. The number of aryl methyl sites for hydroxylation is 2. The van der Waals surface area contributed by atoms with Gasteiger partial charge in [-0.05, 0) is 65.5 Å². The van der Waals surface area contributed by atoms with Gasteiger partial charge in [-0.2, -0.15) is 0 Å². The van der Waals surface area contributed by atoms with Crippen molar-refractivity contribution in [2.75, 3.05) is 13.2 Å². The third-order valence-corrected chi connectivity index (χ3v) is 6.04. The first-order valence-corrected chi connectivity index (χ1v) is 12.2. The quantitative estimate of drug-likeness (QED) is 0.533. The average Bonchev–Trinajstić information content (AvgIpc) is 2.76. The fourth-order valence-electron chi connectivity index (χ4n) is 4.33. The molecule has 0 aliphatic heterocycles. The summed E-state index contributed by atoms with van der Waals surface area (Å²) in [6.45, 7) is 10.4. The summed E-state index contributed by atoms with van der Waals surface area (Å²) in [5.41, 5.74) is 1.85. The van der Waals surface area contributed by atoms with E-state index in [9.17, 15) is 19.5 Å². The summed E-state index contributed by atoms with van der Waals surface area (Å²) in [6.07, 6.45) is 4.35. The third-order valence-electron chi connectivity index (χ3n) is 6.04. The highest BCUT2D eigenvalue weighted by Crippen LogP contribution is 2.28. The van der Waals surface area contributed by atoms with E-state index in [2.05, 4.69) is 10.6 Å². The minimum absolute atomic E-state index is 0.0798. The zero-order valence-electron chi connectivity index (χ0n) is 21.4. The summed E-state index contributed by atoms with van der Waals surface area (Å²) < 4.78 is 5.25. The van der Waals surface area contributed by atoms with Crippen molar-refractivity contribution < 1.29 is 24.2 Å². The Kier molecular flexibility index (Phi) is 9.91. The summed E-state index contributed by atoms with van der Waals surface area (Å²) >= 11 is 0. The minimum Gasteiger partial charge on any atom is -0.444 e. The van der Waals surface area contributed by atoms with E-state index >= 15 is 0 Å². The summed E-state index contributed by atoms with van der Waals surface area (Å²) in [7, 11) is 0. The van der Waals surface area contributed by atoms with E-state index in [0.29, 0.717) is 0 Å². The van der Waals surface area contributed by atoms with Crippen molar-refractivity contribution in [3.05, 3.63) is 34.9 Å². The molecule has 1 aliphatic rings. The van der Waals surface area contributed by atoms with Crippen molar-refractivity contribution in [2.45, 2.75) is 97.4 Å². The molecule has 0 heterocycles. The highest BCUT2D eigenvalue weighted by molar-refractivity contribution is 5.92. The molecule has 1 saturated carbocycles. The van der Waals surface area contributed by atoms with Crippen LogP contribution in [0.1, 0.15) is 82.5 Å². The van der Waals surface area contributed by atoms with Crippen LogP contribution in [0.2, 0.25) is 0 Å². The second-order valence-corrected chi connectivity index (χ2v) is 10.1. The molecule has 1 fully saturated rings. The Bertz CT molecular complexity index is 858. The van der Waals surface area contributed by atoms with Crippen LogP contribution < -0.4 is 10.6 Å². The zero-order valence-corrected chi connectivity index (χ0v) is 21.4. The van der Waals surface area contributed by atoms with Crippen molar-refractivity contribution in [1.82, 2.24) is 15.5 Å². The fourth-order valence-corrected chi connectivity index (χ4v) is 4.33. The van der Waals surface area contributed by atoms with E-state index < -0.39 is 36.3 Å². The molecular formula is C26H41N3O5. The predicted octanol–water partition coefficient (Wildman–Crippen LogP) is 3.53. The molecule has 3 N–H and O–H groups in total. The number of alkyl carbamates (subject to hydrolysis) is 1. The molecule has 0 bridgehead atoms. The van der Waals surface area contributed by atoms with Gasteiger partial charge in [0.2, 0.25) is 11.8 Å². The van der Waals surface area contributed by atoms with Gasteiger partial charge in [0.05, 0.1) is 6.61 Å². The summed E-state index contributed by atoms with van der Waals surface area (Å²) in [5.74, 6) is -0.787. The number of ether oxygens (including phenoxy) is 1. The van der Waals surface area contributed by atoms with E-state index in [1.807, 2.05) is 32.0 Å². The summed E-state index contributed by atoms with van der Waals surface area (Å²) in [4.78, 5) is 40.9. The second-order valence-electron chi connectivity index (χ2n) is 10.1. The molecule has 8 heteroatoms. The monoisotopic (exact) mass is 475 g/mol. The maximum absolute atomic E-state index is 13.6. The Morgan fingerprint density at radius 1 is 1.15 bits per heavy atom. The van der Waals surface area contributed by atoms with Crippen LogP contribution >= 0.6 is 0 Å². The first-order valence-electron chi connectivity index (χ1n) is 12.2. The van der Waals surface area contributed by atoms with Crippen LogP contribution in [0.3, 0.4) is 0 Å². The lowest BCUT2D eigenvalue weighted by molar-refractivity contribution is -0.143. The van der Waals surface area contributed by atoms with Gasteiger partial charge in [0.1, 0.15) is 17.7 Å². The van der Waals surface area contributed by atoms with Crippen molar-refractivity contribution in [3.63, 3.8) is 0 Å². The molecule has 0 spiro atoms. The van der Waals surface area contributed by atoms with Crippen LogP contribution in [0.5, 0.6) is 0 Å². The van der Waals surface area contributed by atoms with Gasteiger partial charge in [0, 0.05) is 12.6 Å². The number of carbonyl (C=O) groups is 3. The standard InChI is InChI=1S/C26H41N3O5/c1-7-29(24(32)21(16-30)28-25(33)34-26(4,5)6)22(20-15-17(2)13-14-18(20)3)23(31)27-19-11-9-8-10-12-19/h13-15,19,21-22,30H,7-12,16H2,1-6H3,(H,27,31)(H,28,33). The SMILES string of the molecule is CCN(C(=O)C(CO)NC(=O)OC(C)(C)C)C(C(=O)NC1CCCCC1)c1cc(C)ccc1C. The highest BCUT2D eigenvalue weighted by atomic mass is 16.6. The van der Waals surface area contributed by atoms with Crippen LogP contribution in [-0.2, 0) is 14.3 Å². The van der Waals surface area contributed by atoms with Gasteiger partial charge in [0.15, 0.2) is 0 Å². The molecule has 1 aromatic rings. The maximum Gasteiger partial charge on any atom is 0.408 e. The molecule has 8 nitrogen and oxygen atoms in total. The predicted molar refractivity (Wildman–Crippen MR) is 131 cm³/mol. The molecular weight excluding hydrogens is 434 g/mol. The molecule has 1 aromatic carbocycles. The molecule has 2 rings (SSSR count). The number of hydrogen-bond donors (Lipinski definition) is 3. The number of nitrogens with one attached hydrogen (secondary N) is 2. The number of benzene rings is 1. The Labute approximate surface area is 203 Å². The van der Waals surface area contributed by atoms with Crippen molar-refractivity contribution in [2.24, 2.45) is 0 Å². The Morgan fingerprint density at radius 3 is 2.35 bits per heavy atom. The fraction of sp³-hybridized carbons (Fsp3) is 0.654. The van der Waals surface area contributed by atoms with Crippen LogP contribution in [0.15, 0.2) is 18.2 Å². The first kappa shape index (κ1) is 27.6. The number of carbonyl (C=O) groups excluding carboxylic acids is 3. The van der Waals surface area contributed by atoms with Crippen LogP contribution in [0.25, 0.3) is 0 Å². The molecule has 34 heavy (non-hydrogen) atoms. The lowest BCUT2D eigenvalue weighted by Gasteiger charge is -2.35. The summed E-state index contributed by atoms with van der Waals surface area (Å²) in [5, 5.41) is 15.5. The van der Waals surface area contributed by atoms with Crippen molar-refractivity contribution in [3.8, 4) is 0 Å². The van der Waals surface area contributed by atoms with Gasteiger partial charge in [-0.25, -0.2) is 4.79 Å². The topological polar surface area (TPSA) is 108 Å². The number of aliphatic hydroxyl groups excluding tert-OH is 1. The summed E-state index contributed by atoms with van der Waals surface area (Å²) in [6, 6.07) is 3.79. The van der Waals surface area contributed by atoms with Crippen LogP contribution in [0.4, 0.5) is 4.79 Å². The van der Waals surface area contributed by atoms with E-state index in [1.54, 1.807) is 27.7 Å². The number of hydrogen-bond acceptors (Lipinski definition) is 5. The molecule has 2 atom stereocenters. The molecule has 0 radical (unpaired) electrons. The van der Waals surface area contributed by atoms with Gasteiger partial charge in [-0.1, -0.05) is 43.0 Å². The van der Waals surface area contributed by atoms with Gasteiger partial charge in [-0.15, -0.1) is 0 Å². The van der Waals surface area contributed by atoms with E-state index in [4.69, 9.17) is 4.74 Å². The van der Waals surface area contributed by atoms with Crippen LogP contribution in [-0.4, -0.2) is 58.8 Å². The van der Waals surface area contributed by atoms with E-state index in [0.717, 1.165) is 42.4 Å². The lowest BCUT2D eigenvalue weighted by atomic mass is 9.93. The zero-order chi connectivity index (χ0) is 25.5. The minimum atomic E-state index is -1.23. The lowest BCUT2D eigenvalue weighted by Crippen LogP contribution is -2.55. The normalized spacial score (nSPS) is 16.3. The maximum atomic E-state index is 13.6. The molecule has 1 aliphatic carbocycles. The highest BCUT2D eigenvalue weighted by Gasteiger charge is 2.36. The van der Waals surface area contributed by atoms with Gasteiger partial charge in [-0.3, -0.25) is 9.59 Å². The van der Waals surface area contributed by atoms with Crippen molar-refractivity contribution >= 4 is 17.9 Å². The van der Waals surface area contributed by atoms with E-state index in [1.165, 1.54) is 11.3 Å². The molecule has 3 amide bonds. The molecule has 0 aromatic heterocycles. The number of rotatable bonds is 8. The Hall–Kier alpha value is -2.61. The number of likely N-dealkylation sites (N-methyl/N-ethyl adjacent to an activating group) is 1. The van der Waals surface area contributed by atoms with Crippen molar-refractivity contribution in [1.29, 1.82) is 0 Å². The Balaban J connectivity index is 2.36. The van der Waals surface area contributed by atoms with E-state index in [-0.39, 0.29) is 18.5 Å². The van der Waals surface area contributed by atoms with Gasteiger partial charge >= 0.3 is 6.09 Å².